The van der Waals surface area contributed by atoms with E-state index in [4.69, 9.17) is 10.5 Å². The van der Waals surface area contributed by atoms with Gasteiger partial charge in [-0.3, -0.25) is 4.99 Å². The quantitative estimate of drug-likeness (QED) is 0.364. The summed E-state index contributed by atoms with van der Waals surface area (Å²) >= 11 is 1.72. The van der Waals surface area contributed by atoms with Crippen molar-refractivity contribution >= 4 is 41.3 Å². The Bertz CT molecular complexity index is 404. The summed E-state index contributed by atoms with van der Waals surface area (Å²) in [7, 11) is 0. The third-order valence-corrected chi connectivity index (χ3v) is 3.85. The molecule has 5 nitrogen and oxygen atoms in total. The zero-order valence-electron chi connectivity index (χ0n) is 11.2. The topological polar surface area (TPSA) is 63.7 Å². The van der Waals surface area contributed by atoms with E-state index in [1.807, 2.05) is 6.92 Å². The second-order valence-corrected chi connectivity index (χ2v) is 5.27. The summed E-state index contributed by atoms with van der Waals surface area (Å²) in [5, 5.41) is 3.27. The van der Waals surface area contributed by atoms with Gasteiger partial charge in [-0.05, 0) is 13.3 Å². The van der Waals surface area contributed by atoms with Gasteiger partial charge in [-0.25, -0.2) is 4.98 Å². The number of nitrogens with two attached hydrogens (primary N) is 1. The van der Waals surface area contributed by atoms with Gasteiger partial charge < -0.3 is 15.4 Å². The normalized spacial score (nSPS) is 16.3. The first kappa shape index (κ1) is 16.6. The third-order valence-electron chi connectivity index (χ3n) is 2.82. The Morgan fingerprint density at radius 1 is 1.53 bits per heavy atom. The number of morpholine rings is 1. The van der Waals surface area contributed by atoms with Crippen molar-refractivity contribution in [3.05, 3.63) is 16.1 Å². The number of hydrogen-bond acceptors (Lipinski definition) is 4. The van der Waals surface area contributed by atoms with Crippen LogP contribution in [0.4, 0.5) is 0 Å². The lowest BCUT2D eigenvalue weighted by atomic mass is 10.3. The molecule has 0 bridgehead atoms. The molecular formula is C12H21IN4OS. The molecule has 1 aromatic rings. The Morgan fingerprint density at radius 3 is 2.89 bits per heavy atom. The number of thiazole rings is 1. The van der Waals surface area contributed by atoms with Crippen molar-refractivity contribution in [1.82, 2.24) is 9.88 Å². The monoisotopic (exact) mass is 396 g/mol. The molecule has 7 heteroatoms. The van der Waals surface area contributed by atoms with E-state index in [0.29, 0.717) is 5.96 Å². The number of halogens is 1. The van der Waals surface area contributed by atoms with Crippen LogP contribution in [0.2, 0.25) is 0 Å². The molecule has 19 heavy (non-hydrogen) atoms. The van der Waals surface area contributed by atoms with Crippen LogP contribution in [-0.2, 0) is 11.2 Å². The fourth-order valence-corrected chi connectivity index (χ4v) is 2.65. The summed E-state index contributed by atoms with van der Waals surface area (Å²) < 4.78 is 5.28. The predicted octanol–water partition coefficient (Wildman–Crippen LogP) is 1.65. The summed E-state index contributed by atoms with van der Waals surface area (Å²) in [4.78, 5) is 10.9. The molecule has 0 unspecified atom stereocenters. The van der Waals surface area contributed by atoms with E-state index in [1.54, 1.807) is 11.3 Å². The van der Waals surface area contributed by atoms with E-state index >= 15 is 0 Å². The van der Waals surface area contributed by atoms with Crippen LogP contribution in [0.15, 0.2) is 10.4 Å². The highest BCUT2D eigenvalue weighted by Gasteiger charge is 2.11. The van der Waals surface area contributed by atoms with Gasteiger partial charge >= 0.3 is 0 Å². The number of aliphatic imine (C=N–C) groups is 1. The van der Waals surface area contributed by atoms with Gasteiger partial charge in [0.2, 0.25) is 0 Å². The molecule has 1 aliphatic rings. The minimum absolute atomic E-state index is 0. The molecule has 1 aliphatic heterocycles. The van der Waals surface area contributed by atoms with Crippen molar-refractivity contribution in [2.24, 2.45) is 10.7 Å². The van der Waals surface area contributed by atoms with Crippen molar-refractivity contribution in [2.45, 2.75) is 19.8 Å². The molecule has 2 heterocycles. The molecule has 0 radical (unpaired) electrons. The van der Waals surface area contributed by atoms with Crippen LogP contribution in [0, 0.1) is 6.92 Å². The Kier molecular flexibility index (Phi) is 7.62. The van der Waals surface area contributed by atoms with Crippen LogP contribution in [0.1, 0.15) is 17.1 Å². The summed E-state index contributed by atoms with van der Waals surface area (Å²) in [5.41, 5.74) is 7.04. The van der Waals surface area contributed by atoms with Crippen molar-refractivity contribution in [1.29, 1.82) is 0 Å². The Labute approximate surface area is 135 Å². The first-order valence-electron chi connectivity index (χ1n) is 6.29. The highest BCUT2D eigenvalue weighted by atomic mass is 127. The van der Waals surface area contributed by atoms with E-state index < -0.39 is 0 Å². The summed E-state index contributed by atoms with van der Waals surface area (Å²) in [5.74, 6) is 0.647. The van der Waals surface area contributed by atoms with E-state index in [1.165, 1.54) is 5.01 Å². The van der Waals surface area contributed by atoms with Gasteiger partial charge in [0, 0.05) is 37.1 Å². The Balaban J connectivity index is 0.00000180. The number of aryl methyl sites for hydroxylation is 2. The van der Waals surface area contributed by atoms with Crippen molar-refractivity contribution in [3.8, 4) is 0 Å². The van der Waals surface area contributed by atoms with Crippen molar-refractivity contribution in [2.75, 3.05) is 32.8 Å². The van der Waals surface area contributed by atoms with Crippen LogP contribution in [-0.4, -0.2) is 48.7 Å². The molecule has 0 amide bonds. The average Bonchev–Trinajstić information content (AvgIpc) is 2.81. The van der Waals surface area contributed by atoms with Crippen LogP contribution in [0.25, 0.3) is 0 Å². The molecule has 0 aliphatic carbocycles. The lowest BCUT2D eigenvalue weighted by molar-refractivity contribution is 0.0674. The number of guanidine groups is 1. The van der Waals surface area contributed by atoms with E-state index in [2.05, 4.69) is 20.3 Å². The van der Waals surface area contributed by atoms with Gasteiger partial charge in [-0.1, -0.05) is 0 Å². The summed E-state index contributed by atoms with van der Waals surface area (Å²) in [6.07, 6.45) is 1.98. The number of nitrogens with zero attached hydrogens (tertiary/aromatic N) is 3. The Hall–Kier alpha value is -0.410. The van der Waals surface area contributed by atoms with E-state index in [-0.39, 0.29) is 24.0 Å². The highest BCUT2D eigenvalue weighted by Crippen LogP contribution is 2.10. The molecule has 1 aromatic heterocycles. The number of hydrogen-bond donors (Lipinski definition) is 1. The lowest BCUT2D eigenvalue weighted by Crippen LogP contribution is -2.44. The van der Waals surface area contributed by atoms with Crippen molar-refractivity contribution in [3.63, 3.8) is 0 Å². The molecule has 0 atom stereocenters. The highest BCUT2D eigenvalue weighted by molar-refractivity contribution is 14.0. The molecule has 0 spiro atoms. The molecule has 0 aromatic carbocycles. The maximum atomic E-state index is 5.94. The van der Waals surface area contributed by atoms with Gasteiger partial charge in [0.05, 0.1) is 18.2 Å². The molecule has 2 N–H and O–H groups in total. The maximum Gasteiger partial charge on any atom is 0.191 e. The van der Waals surface area contributed by atoms with Crippen LogP contribution in [0.5, 0.6) is 0 Å². The van der Waals surface area contributed by atoms with E-state index in [9.17, 15) is 0 Å². The zero-order chi connectivity index (χ0) is 12.8. The van der Waals surface area contributed by atoms with E-state index in [0.717, 1.165) is 51.4 Å². The van der Waals surface area contributed by atoms with Gasteiger partial charge in [0.25, 0.3) is 0 Å². The Morgan fingerprint density at radius 2 is 2.26 bits per heavy atom. The smallest absolute Gasteiger partial charge is 0.191 e. The standard InChI is InChI=1S/C12H20N4OS.HI/c1-10-9-18-11(15-10)3-2-4-14-12(13)16-5-7-17-8-6-16;/h9H,2-8H2,1H3,(H2,13,14);1H. The molecular weight excluding hydrogens is 375 g/mol. The van der Waals surface area contributed by atoms with Crippen LogP contribution < -0.4 is 5.73 Å². The fraction of sp³-hybridized carbons (Fsp3) is 0.667. The average molecular weight is 396 g/mol. The van der Waals surface area contributed by atoms with Crippen molar-refractivity contribution < 1.29 is 4.74 Å². The summed E-state index contributed by atoms with van der Waals surface area (Å²) in [6.45, 7) is 5.97. The third kappa shape index (κ3) is 5.62. The predicted molar refractivity (Wildman–Crippen MR) is 89.5 cm³/mol. The number of rotatable bonds is 4. The summed E-state index contributed by atoms with van der Waals surface area (Å²) in [6, 6.07) is 0. The number of aromatic nitrogens is 1. The first-order valence-corrected chi connectivity index (χ1v) is 7.17. The van der Waals surface area contributed by atoms with Gasteiger partial charge in [-0.15, -0.1) is 35.3 Å². The SMILES string of the molecule is Cc1csc(CCCN=C(N)N2CCOCC2)n1.I. The number of ether oxygens (including phenoxy) is 1. The largest absolute Gasteiger partial charge is 0.378 e. The molecule has 1 saturated heterocycles. The van der Waals surface area contributed by atoms with Gasteiger partial charge in [0.15, 0.2) is 5.96 Å². The fourth-order valence-electron chi connectivity index (χ4n) is 1.83. The van der Waals surface area contributed by atoms with Gasteiger partial charge in [0.1, 0.15) is 0 Å². The minimum atomic E-state index is 0. The molecule has 2 rings (SSSR count). The second kappa shape index (κ2) is 8.70. The maximum absolute atomic E-state index is 5.94. The van der Waals surface area contributed by atoms with Crippen LogP contribution >= 0.6 is 35.3 Å². The first-order chi connectivity index (χ1) is 8.75. The molecule has 0 saturated carbocycles. The lowest BCUT2D eigenvalue weighted by Gasteiger charge is -2.27. The molecule has 1 fully saturated rings. The minimum Gasteiger partial charge on any atom is -0.378 e. The zero-order valence-corrected chi connectivity index (χ0v) is 14.3. The van der Waals surface area contributed by atoms with Gasteiger partial charge in [-0.2, -0.15) is 0 Å². The molecule has 108 valence electrons. The van der Waals surface area contributed by atoms with Crippen LogP contribution in [0.3, 0.4) is 0 Å². The second-order valence-electron chi connectivity index (χ2n) is 4.33.